The quantitative estimate of drug-likeness (QED) is 0.381. The summed E-state index contributed by atoms with van der Waals surface area (Å²) < 4.78 is 5.38. The summed E-state index contributed by atoms with van der Waals surface area (Å²) in [6, 6.07) is 20.5. The molecule has 0 radical (unpaired) electrons. The number of hydrogen-bond donors (Lipinski definition) is 2. The molecule has 0 heterocycles. The predicted octanol–water partition coefficient (Wildman–Crippen LogP) is 5.16. The lowest BCUT2D eigenvalue weighted by Crippen LogP contribution is -2.25. The number of carbonyl (C=O) groups is 2. The van der Waals surface area contributed by atoms with E-state index in [2.05, 4.69) is 15.8 Å². The zero-order valence-electron chi connectivity index (χ0n) is 16.6. The predicted molar refractivity (Wildman–Crippen MR) is 123 cm³/mol. The first-order valence-electron chi connectivity index (χ1n) is 9.29. The number of amides is 2. The van der Waals surface area contributed by atoms with Gasteiger partial charge in [-0.1, -0.05) is 35.3 Å². The van der Waals surface area contributed by atoms with Crippen LogP contribution in [0.3, 0.4) is 0 Å². The van der Waals surface area contributed by atoms with Gasteiger partial charge >= 0.3 is 0 Å². The molecule has 2 N–H and O–H groups in total. The van der Waals surface area contributed by atoms with Gasteiger partial charge in [-0.15, -0.1) is 0 Å². The molecule has 3 rings (SSSR count). The lowest BCUT2D eigenvalue weighted by Gasteiger charge is -2.08. The average molecular weight is 456 g/mol. The van der Waals surface area contributed by atoms with Crippen LogP contribution in [-0.2, 0) is 4.79 Å². The van der Waals surface area contributed by atoms with Gasteiger partial charge in [-0.25, -0.2) is 5.43 Å². The third-order valence-electron chi connectivity index (χ3n) is 4.18. The van der Waals surface area contributed by atoms with Gasteiger partial charge in [0.15, 0.2) is 6.61 Å². The standard InChI is InChI=1S/C23H19Cl2N3O3/c1-15(27-28-22(29)14-31-21-11-9-19(25)10-12-21)17-3-2-4-20(13-17)26-23(30)16-5-7-18(24)8-6-16/h2-13H,14H2,1H3,(H,26,30)(H,28,29). The summed E-state index contributed by atoms with van der Waals surface area (Å²) in [4.78, 5) is 24.3. The van der Waals surface area contributed by atoms with Crippen LogP contribution >= 0.6 is 23.2 Å². The van der Waals surface area contributed by atoms with E-state index in [-0.39, 0.29) is 12.5 Å². The Morgan fingerprint density at radius 1 is 0.903 bits per heavy atom. The molecule has 3 aromatic carbocycles. The summed E-state index contributed by atoms with van der Waals surface area (Å²) in [6.45, 7) is 1.57. The van der Waals surface area contributed by atoms with Gasteiger partial charge in [-0.05, 0) is 73.2 Å². The van der Waals surface area contributed by atoms with E-state index in [1.54, 1.807) is 73.7 Å². The van der Waals surface area contributed by atoms with E-state index in [1.165, 1.54) is 0 Å². The van der Waals surface area contributed by atoms with Crippen LogP contribution in [0.1, 0.15) is 22.8 Å². The number of hydrogen-bond acceptors (Lipinski definition) is 4. The Bertz CT molecular complexity index is 1100. The number of hydrazone groups is 1. The van der Waals surface area contributed by atoms with Crippen molar-refractivity contribution in [3.63, 3.8) is 0 Å². The van der Waals surface area contributed by atoms with Crippen molar-refractivity contribution in [2.75, 3.05) is 11.9 Å². The fourth-order valence-corrected chi connectivity index (χ4v) is 2.80. The van der Waals surface area contributed by atoms with Crippen LogP contribution in [0.4, 0.5) is 5.69 Å². The van der Waals surface area contributed by atoms with Gasteiger partial charge in [0.05, 0.1) is 5.71 Å². The second kappa shape index (κ2) is 10.6. The molecule has 31 heavy (non-hydrogen) atoms. The molecule has 0 atom stereocenters. The lowest BCUT2D eigenvalue weighted by atomic mass is 10.1. The number of ether oxygens (including phenoxy) is 1. The van der Waals surface area contributed by atoms with Crippen molar-refractivity contribution >= 4 is 46.4 Å². The second-order valence-electron chi connectivity index (χ2n) is 6.52. The first-order chi connectivity index (χ1) is 14.9. The minimum atomic E-state index is -0.401. The Labute approximate surface area is 189 Å². The molecule has 0 spiro atoms. The van der Waals surface area contributed by atoms with Crippen LogP contribution in [-0.4, -0.2) is 24.1 Å². The summed E-state index contributed by atoms with van der Waals surface area (Å²) >= 11 is 11.7. The molecular weight excluding hydrogens is 437 g/mol. The number of nitrogens with zero attached hydrogens (tertiary/aromatic N) is 1. The fraction of sp³-hybridized carbons (Fsp3) is 0.0870. The molecule has 8 heteroatoms. The monoisotopic (exact) mass is 455 g/mol. The molecule has 0 unspecified atom stereocenters. The molecule has 0 saturated heterocycles. The number of rotatable bonds is 7. The van der Waals surface area contributed by atoms with Gasteiger partial charge in [0.25, 0.3) is 11.8 Å². The molecule has 0 saturated carbocycles. The van der Waals surface area contributed by atoms with E-state index in [1.807, 2.05) is 6.07 Å². The van der Waals surface area contributed by atoms with Crippen LogP contribution in [0.15, 0.2) is 77.9 Å². The smallest absolute Gasteiger partial charge is 0.277 e. The molecule has 0 aliphatic rings. The summed E-state index contributed by atoms with van der Waals surface area (Å²) in [6.07, 6.45) is 0. The molecule has 0 bridgehead atoms. The van der Waals surface area contributed by atoms with Crippen LogP contribution in [0.2, 0.25) is 10.0 Å². The van der Waals surface area contributed by atoms with E-state index >= 15 is 0 Å². The number of benzene rings is 3. The van der Waals surface area contributed by atoms with Crippen molar-refractivity contribution in [2.45, 2.75) is 6.92 Å². The van der Waals surface area contributed by atoms with Gasteiger partial charge in [0.1, 0.15) is 5.75 Å². The number of halogens is 2. The van der Waals surface area contributed by atoms with Gasteiger partial charge in [-0.2, -0.15) is 5.10 Å². The van der Waals surface area contributed by atoms with Crippen molar-refractivity contribution < 1.29 is 14.3 Å². The minimum absolute atomic E-state index is 0.185. The Morgan fingerprint density at radius 2 is 1.55 bits per heavy atom. The highest BCUT2D eigenvalue weighted by Gasteiger charge is 2.08. The maximum absolute atomic E-state index is 12.4. The van der Waals surface area contributed by atoms with Gasteiger partial charge in [-0.3, -0.25) is 9.59 Å². The second-order valence-corrected chi connectivity index (χ2v) is 7.39. The van der Waals surface area contributed by atoms with Gasteiger partial charge < -0.3 is 10.1 Å². The molecule has 0 aliphatic carbocycles. The Hall–Kier alpha value is -3.35. The third kappa shape index (κ3) is 6.84. The van der Waals surface area contributed by atoms with Crippen LogP contribution < -0.4 is 15.5 Å². The molecule has 0 aromatic heterocycles. The lowest BCUT2D eigenvalue weighted by molar-refractivity contribution is -0.123. The highest BCUT2D eigenvalue weighted by atomic mass is 35.5. The van der Waals surface area contributed by atoms with E-state index < -0.39 is 5.91 Å². The molecule has 3 aromatic rings. The largest absolute Gasteiger partial charge is 0.484 e. The highest BCUT2D eigenvalue weighted by Crippen LogP contribution is 2.16. The van der Waals surface area contributed by atoms with Crippen molar-refractivity contribution in [1.82, 2.24) is 5.43 Å². The van der Waals surface area contributed by atoms with E-state index in [4.69, 9.17) is 27.9 Å². The summed E-state index contributed by atoms with van der Waals surface area (Å²) in [7, 11) is 0. The third-order valence-corrected chi connectivity index (χ3v) is 4.68. The minimum Gasteiger partial charge on any atom is -0.484 e. The van der Waals surface area contributed by atoms with Crippen molar-refractivity contribution in [3.8, 4) is 5.75 Å². The van der Waals surface area contributed by atoms with Crippen molar-refractivity contribution in [3.05, 3.63) is 94.0 Å². The Balaban J connectivity index is 1.57. The summed E-state index contributed by atoms with van der Waals surface area (Å²) in [5.74, 6) is -0.123. The maximum atomic E-state index is 12.4. The zero-order chi connectivity index (χ0) is 22.2. The molecule has 0 aliphatic heterocycles. The fourth-order valence-electron chi connectivity index (χ4n) is 2.55. The summed E-state index contributed by atoms with van der Waals surface area (Å²) in [5, 5.41) is 8.07. The first kappa shape index (κ1) is 22.3. The van der Waals surface area contributed by atoms with Crippen molar-refractivity contribution in [1.29, 1.82) is 0 Å². The molecule has 0 fully saturated rings. The normalized spacial score (nSPS) is 11.0. The number of nitrogens with one attached hydrogen (secondary N) is 2. The maximum Gasteiger partial charge on any atom is 0.277 e. The first-order valence-corrected chi connectivity index (χ1v) is 10.0. The van der Waals surface area contributed by atoms with Crippen LogP contribution in [0.5, 0.6) is 5.75 Å². The zero-order valence-corrected chi connectivity index (χ0v) is 18.1. The van der Waals surface area contributed by atoms with Crippen LogP contribution in [0, 0.1) is 0 Å². The van der Waals surface area contributed by atoms with Crippen molar-refractivity contribution in [2.24, 2.45) is 5.10 Å². The SMILES string of the molecule is CC(=NNC(=O)COc1ccc(Cl)cc1)c1cccc(NC(=O)c2ccc(Cl)cc2)c1. The van der Waals surface area contributed by atoms with E-state index in [0.29, 0.717) is 32.8 Å². The molecule has 6 nitrogen and oxygen atoms in total. The molecule has 158 valence electrons. The van der Waals surface area contributed by atoms with E-state index in [0.717, 1.165) is 5.56 Å². The topological polar surface area (TPSA) is 79.8 Å². The number of carbonyl (C=O) groups excluding carboxylic acids is 2. The summed E-state index contributed by atoms with van der Waals surface area (Å²) in [5.41, 5.74) is 4.86. The van der Waals surface area contributed by atoms with Gasteiger partial charge in [0, 0.05) is 21.3 Å². The molecular formula is C23H19Cl2N3O3. The highest BCUT2D eigenvalue weighted by molar-refractivity contribution is 6.31. The Morgan fingerprint density at radius 3 is 2.23 bits per heavy atom. The number of anilines is 1. The van der Waals surface area contributed by atoms with E-state index in [9.17, 15) is 9.59 Å². The average Bonchev–Trinajstić information content (AvgIpc) is 2.77. The van der Waals surface area contributed by atoms with Gasteiger partial charge in [0.2, 0.25) is 0 Å². The Kier molecular flexibility index (Phi) is 7.65. The molecule has 2 amide bonds. The van der Waals surface area contributed by atoms with Crippen LogP contribution in [0.25, 0.3) is 0 Å².